The summed E-state index contributed by atoms with van der Waals surface area (Å²) in [6, 6.07) is 18.9. The summed E-state index contributed by atoms with van der Waals surface area (Å²) >= 11 is 0. The third-order valence-corrected chi connectivity index (χ3v) is 5.15. The van der Waals surface area contributed by atoms with Crippen molar-refractivity contribution < 1.29 is 4.79 Å². The largest absolute Gasteiger partial charge is 0.378 e. The molecule has 2 aromatic rings. The molecule has 0 N–H and O–H groups in total. The van der Waals surface area contributed by atoms with Gasteiger partial charge in [-0.05, 0) is 29.8 Å². The Balaban J connectivity index is 1.46. The lowest BCUT2D eigenvalue weighted by molar-refractivity contribution is -0.131. The Morgan fingerprint density at radius 3 is 2.11 bits per heavy atom. The Morgan fingerprint density at radius 1 is 0.889 bits per heavy atom. The second-order valence-corrected chi connectivity index (χ2v) is 7.41. The minimum absolute atomic E-state index is 0.180. The summed E-state index contributed by atoms with van der Waals surface area (Å²) in [5, 5.41) is 0. The Kier molecular flexibility index (Phi) is 6.35. The molecule has 27 heavy (non-hydrogen) atoms. The highest BCUT2D eigenvalue weighted by atomic mass is 16.2. The minimum Gasteiger partial charge on any atom is -0.378 e. The van der Waals surface area contributed by atoms with E-state index >= 15 is 0 Å². The fraction of sp³-hybridized carbons (Fsp3) is 0.409. The molecule has 0 radical (unpaired) electrons. The molecule has 5 heteroatoms. The molecule has 0 unspecified atom stereocenters. The summed E-state index contributed by atoms with van der Waals surface area (Å²) in [7, 11) is 5.95. The van der Waals surface area contributed by atoms with Crippen LogP contribution in [0.25, 0.3) is 0 Å². The van der Waals surface area contributed by atoms with Gasteiger partial charge in [-0.15, -0.1) is 0 Å². The number of rotatable bonds is 6. The summed E-state index contributed by atoms with van der Waals surface area (Å²) < 4.78 is 0. The van der Waals surface area contributed by atoms with Crippen LogP contribution in [0.15, 0.2) is 54.6 Å². The highest BCUT2D eigenvalue weighted by Crippen LogP contribution is 2.16. The molecule has 1 heterocycles. The molecule has 1 aliphatic rings. The first kappa shape index (κ1) is 19.2. The minimum atomic E-state index is 0.180. The second-order valence-electron chi connectivity index (χ2n) is 7.41. The zero-order valence-corrected chi connectivity index (χ0v) is 16.6. The molecule has 144 valence electrons. The van der Waals surface area contributed by atoms with E-state index < -0.39 is 0 Å². The van der Waals surface area contributed by atoms with Crippen LogP contribution in [0.5, 0.6) is 0 Å². The van der Waals surface area contributed by atoms with Gasteiger partial charge in [0.05, 0.1) is 6.54 Å². The summed E-state index contributed by atoms with van der Waals surface area (Å²) in [5.41, 5.74) is 3.59. The van der Waals surface area contributed by atoms with Crippen molar-refractivity contribution in [3.63, 3.8) is 0 Å². The molecule has 0 atom stereocenters. The van der Waals surface area contributed by atoms with E-state index in [0.717, 1.165) is 31.7 Å². The predicted molar refractivity (Wildman–Crippen MR) is 112 cm³/mol. The number of carbonyl (C=O) groups is 1. The van der Waals surface area contributed by atoms with Crippen LogP contribution in [-0.4, -0.2) is 69.6 Å². The zero-order valence-electron chi connectivity index (χ0n) is 16.6. The van der Waals surface area contributed by atoms with E-state index in [1.54, 1.807) is 0 Å². The van der Waals surface area contributed by atoms with Crippen molar-refractivity contribution in [2.24, 2.45) is 0 Å². The third-order valence-electron chi connectivity index (χ3n) is 5.15. The number of carbonyl (C=O) groups excluding carboxylic acids is 1. The highest BCUT2D eigenvalue weighted by Gasteiger charge is 2.20. The van der Waals surface area contributed by atoms with Crippen molar-refractivity contribution in [1.29, 1.82) is 0 Å². The molecule has 2 aromatic carbocycles. The van der Waals surface area contributed by atoms with E-state index in [-0.39, 0.29) is 5.91 Å². The number of para-hydroxylation sites is 1. The molecule has 1 amide bonds. The molecule has 0 spiro atoms. The van der Waals surface area contributed by atoms with Crippen molar-refractivity contribution in [3.05, 3.63) is 60.2 Å². The van der Waals surface area contributed by atoms with Crippen LogP contribution in [0, 0.1) is 0 Å². The standard InChI is InChI=1S/C22H30N4O/c1-23(2)20-11-9-19(10-12-20)17-24(3)22(27)18-25-13-15-26(16-14-25)21-7-5-4-6-8-21/h4-12H,13-18H2,1-3H3. The van der Waals surface area contributed by atoms with Gasteiger partial charge in [0.25, 0.3) is 0 Å². The van der Waals surface area contributed by atoms with Gasteiger partial charge in [-0.2, -0.15) is 0 Å². The Hall–Kier alpha value is -2.53. The number of nitrogens with zero attached hydrogens (tertiary/aromatic N) is 4. The van der Waals surface area contributed by atoms with Gasteiger partial charge in [-0.1, -0.05) is 30.3 Å². The quantitative estimate of drug-likeness (QED) is 0.786. The fourth-order valence-electron chi connectivity index (χ4n) is 3.38. The Morgan fingerprint density at radius 2 is 1.52 bits per heavy atom. The second kappa shape index (κ2) is 8.91. The normalized spacial score (nSPS) is 14.9. The smallest absolute Gasteiger partial charge is 0.236 e. The number of piperazine rings is 1. The molecule has 1 saturated heterocycles. The van der Waals surface area contributed by atoms with Crippen LogP contribution < -0.4 is 9.80 Å². The lowest BCUT2D eigenvalue weighted by atomic mass is 10.2. The average molecular weight is 367 g/mol. The van der Waals surface area contributed by atoms with Crippen LogP contribution in [-0.2, 0) is 11.3 Å². The van der Waals surface area contributed by atoms with E-state index in [0.29, 0.717) is 13.1 Å². The average Bonchev–Trinajstić information content (AvgIpc) is 2.69. The topological polar surface area (TPSA) is 30.0 Å². The van der Waals surface area contributed by atoms with Crippen LogP contribution in [0.1, 0.15) is 5.56 Å². The molecule has 0 saturated carbocycles. The van der Waals surface area contributed by atoms with E-state index in [1.807, 2.05) is 32.1 Å². The summed E-state index contributed by atoms with van der Waals surface area (Å²) in [5.74, 6) is 0.180. The molecular formula is C22H30N4O. The predicted octanol–water partition coefficient (Wildman–Crippen LogP) is 2.53. The van der Waals surface area contributed by atoms with Crippen molar-refractivity contribution in [2.45, 2.75) is 6.54 Å². The van der Waals surface area contributed by atoms with Gasteiger partial charge in [0.1, 0.15) is 0 Å². The van der Waals surface area contributed by atoms with Gasteiger partial charge >= 0.3 is 0 Å². The molecule has 5 nitrogen and oxygen atoms in total. The number of likely N-dealkylation sites (N-methyl/N-ethyl adjacent to an activating group) is 1. The number of benzene rings is 2. The first-order valence-electron chi connectivity index (χ1n) is 9.55. The van der Waals surface area contributed by atoms with Crippen molar-refractivity contribution in [1.82, 2.24) is 9.80 Å². The Labute approximate surface area is 162 Å². The number of anilines is 2. The fourth-order valence-corrected chi connectivity index (χ4v) is 3.38. The molecule has 1 fully saturated rings. The number of hydrogen-bond acceptors (Lipinski definition) is 4. The lowest BCUT2D eigenvalue weighted by Crippen LogP contribution is -2.49. The van der Waals surface area contributed by atoms with E-state index in [9.17, 15) is 4.79 Å². The first-order chi connectivity index (χ1) is 13.0. The first-order valence-corrected chi connectivity index (χ1v) is 9.55. The van der Waals surface area contributed by atoms with Gasteiger partial charge in [-0.3, -0.25) is 9.69 Å². The van der Waals surface area contributed by atoms with Gasteiger partial charge in [0, 0.05) is 65.2 Å². The number of hydrogen-bond donors (Lipinski definition) is 0. The number of amides is 1. The van der Waals surface area contributed by atoms with Crippen molar-refractivity contribution in [3.8, 4) is 0 Å². The lowest BCUT2D eigenvalue weighted by Gasteiger charge is -2.36. The van der Waals surface area contributed by atoms with E-state index in [2.05, 4.69) is 63.2 Å². The maximum atomic E-state index is 12.6. The molecule has 3 rings (SSSR count). The zero-order chi connectivity index (χ0) is 19.2. The van der Waals surface area contributed by atoms with Crippen molar-refractivity contribution >= 4 is 17.3 Å². The van der Waals surface area contributed by atoms with E-state index in [1.165, 1.54) is 11.4 Å². The van der Waals surface area contributed by atoms with Gasteiger partial charge in [0.15, 0.2) is 0 Å². The molecular weight excluding hydrogens is 336 g/mol. The SMILES string of the molecule is CN(Cc1ccc(N(C)C)cc1)C(=O)CN1CCN(c2ccccc2)CC1. The van der Waals surface area contributed by atoms with E-state index in [4.69, 9.17) is 0 Å². The van der Waals surface area contributed by atoms with Crippen LogP contribution >= 0.6 is 0 Å². The van der Waals surface area contributed by atoms with Crippen LogP contribution in [0.2, 0.25) is 0 Å². The summed E-state index contributed by atoms with van der Waals surface area (Å²) in [6.45, 7) is 4.92. The molecule has 1 aliphatic heterocycles. The summed E-state index contributed by atoms with van der Waals surface area (Å²) in [6.07, 6.45) is 0. The molecule has 0 aliphatic carbocycles. The Bertz CT molecular complexity index is 722. The monoisotopic (exact) mass is 366 g/mol. The van der Waals surface area contributed by atoms with Gasteiger partial charge < -0.3 is 14.7 Å². The maximum Gasteiger partial charge on any atom is 0.236 e. The highest BCUT2D eigenvalue weighted by molar-refractivity contribution is 5.78. The van der Waals surface area contributed by atoms with Gasteiger partial charge in [-0.25, -0.2) is 0 Å². The maximum absolute atomic E-state index is 12.6. The third kappa shape index (κ3) is 5.23. The summed E-state index contributed by atoms with van der Waals surface area (Å²) in [4.78, 5) is 21.2. The van der Waals surface area contributed by atoms with Crippen LogP contribution in [0.3, 0.4) is 0 Å². The van der Waals surface area contributed by atoms with Crippen LogP contribution in [0.4, 0.5) is 11.4 Å². The molecule has 0 aromatic heterocycles. The van der Waals surface area contributed by atoms with Crippen molar-refractivity contribution in [2.75, 3.05) is 63.7 Å². The van der Waals surface area contributed by atoms with Gasteiger partial charge in [0.2, 0.25) is 5.91 Å². The molecule has 0 bridgehead atoms.